The number of rotatable bonds is 7. The van der Waals surface area contributed by atoms with Gasteiger partial charge >= 0.3 is 12.8 Å². The molecule has 0 heterocycles. The van der Waals surface area contributed by atoms with Crippen molar-refractivity contribution in [2.24, 2.45) is 0 Å². The van der Waals surface area contributed by atoms with E-state index in [0.29, 0.717) is 5.75 Å². The lowest BCUT2D eigenvalue weighted by atomic mass is 10.1. The van der Waals surface area contributed by atoms with Crippen molar-refractivity contribution in [2.75, 3.05) is 7.11 Å². The fraction of sp³-hybridized carbons (Fsp3) is 0.462. The summed E-state index contributed by atoms with van der Waals surface area (Å²) in [6, 6.07) is 6.36. The number of esters is 1. The zero-order valence-electron chi connectivity index (χ0n) is 11.8. The molecule has 5 nitrogen and oxygen atoms in total. The number of aryl methyl sites for hydroxylation is 1. The Morgan fingerprint density at radius 1 is 1.40 bits per heavy atom. The van der Waals surface area contributed by atoms with E-state index < -0.39 is 18.9 Å². The number of hydrogen-bond acceptors (Lipinski definition) is 4. The minimum atomic E-state index is -3.65. The van der Waals surface area contributed by atoms with Gasteiger partial charge in [-0.3, -0.25) is 4.79 Å². The highest BCUT2D eigenvalue weighted by atomic mass is 35.7. The summed E-state index contributed by atoms with van der Waals surface area (Å²) in [5.41, 5.74) is 1.17. The van der Waals surface area contributed by atoms with E-state index in [-0.39, 0.29) is 0 Å². The Balaban J connectivity index is 2.65. The summed E-state index contributed by atoms with van der Waals surface area (Å²) >= 11 is 5.78. The second-order valence-corrected chi connectivity index (χ2v) is 7.07. The highest BCUT2D eigenvalue weighted by Crippen LogP contribution is 2.48. The molecule has 1 aromatic rings. The summed E-state index contributed by atoms with van der Waals surface area (Å²) < 4.78 is 21.8. The van der Waals surface area contributed by atoms with Gasteiger partial charge in [-0.1, -0.05) is 25.5 Å². The van der Waals surface area contributed by atoms with Crippen LogP contribution < -0.4 is 9.61 Å². The molecular formula is C13H19ClNO4P. The molecule has 0 fully saturated rings. The fourth-order valence-corrected chi connectivity index (χ4v) is 3.32. The highest BCUT2D eigenvalue weighted by molar-refractivity contribution is 7.84. The number of hydrogen-bond donors (Lipinski definition) is 1. The Kier molecular flexibility index (Phi) is 6.53. The van der Waals surface area contributed by atoms with Crippen LogP contribution in [0.1, 0.15) is 25.8 Å². The molecule has 0 radical (unpaired) electrons. The molecule has 1 unspecified atom stereocenters. The SMILES string of the molecule is CCCc1ccc(OP(=O)(Cl)N[C@@H](C)C(=O)OC)cc1. The Morgan fingerprint density at radius 2 is 2.00 bits per heavy atom. The van der Waals surface area contributed by atoms with Crippen molar-refractivity contribution < 1.29 is 18.6 Å². The van der Waals surface area contributed by atoms with Crippen molar-refractivity contribution in [3.8, 4) is 5.75 Å². The standard InChI is InChI=1S/C13H19ClNO4P/c1-4-5-11-6-8-12(9-7-11)19-20(14,17)15-10(2)13(16)18-3/h6-10H,4-5H2,1-3H3,(H,15,17)/t10-,20?/m0/s1. The minimum absolute atomic E-state index is 0.382. The quantitative estimate of drug-likeness (QED) is 0.615. The molecule has 0 aliphatic heterocycles. The fourth-order valence-electron chi connectivity index (χ4n) is 1.63. The highest BCUT2D eigenvalue weighted by Gasteiger charge is 2.27. The normalized spacial score (nSPS) is 15.2. The molecule has 0 aliphatic carbocycles. The molecule has 0 aromatic heterocycles. The van der Waals surface area contributed by atoms with Crippen LogP contribution in [0.25, 0.3) is 0 Å². The second-order valence-electron chi connectivity index (χ2n) is 4.34. The third kappa shape index (κ3) is 5.53. The van der Waals surface area contributed by atoms with E-state index >= 15 is 0 Å². The maximum absolute atomic E-state index is 12.0. The number of benzene rings is 1. The molecule has 0 amide bonds. The van der Waals surface area contributed by atoms with Crippen molar-refractivity contribution >= 4 is 24.1 Å². The number of ether oxygens (including phenoxy) is 1. The average molecular weight is 320 g/mol. The van der Waals surface area contributed by atoms with Gasteiger partial charge in [0.2, 0.25) is 0 Å². The molecule has 0 saturated heterocycles. The predicted octanol–water partition coefficient (Wildman–Crippen LogP) is 3.52. The average Bonchev–Trinajstić information content (AvgIpc) is 2.39. The van der Waals surface area contributed by atoms with Crippen LogP contribution in [0.15, 0.2) is 24.3 Å². The first-order valence-corrected chi connectivity index (χ1v) is 8.84. The minimum Gasteiger partial charge on any atom is -0.468 e. The zero-order chi connectivity index (χ0) is 15.2. The van der Waals surface area contributed by atoms with Crippen molar-refractivity contribution in [1.29, 1.82) is 0 Å². The molecule has 112 valence electrons. The number of methoxy groups -OCH3 is 1. The van der Waals surface area contributed by atoms with Gasteiger partial charge in [-0.25, -0.2) is 9.65 Å². The van der Waals surface area contributed by atoms with E-state index in [1.807, 2.05) is 12.1 Å². The Labute approximate surface area is 123 Å². The molecule has 2 atom stereocenters. The lowest BCUT2D eigenvalue weighted by molar-refractivity contribution is -0.142. The Morgan fingerprint density at radius 3 is 2.50 bits per heavy atom. The van der Waals surface area contributed by atoms with Gasteiger partial charge in [0, 0.05) is 11.2 Å². The monoisotopic (exact) mass is 319 g/mol. The summed E-state index contributed by atoms with van der Waals surface area (Å²) in [5.74, 6) is -0.180. The maximum Gasteiger partial charge on any atom is 0.409 e. The second kappa shape index (κ2) is 7.67. The van der Waals surface area contributed by atoms with Gasteiger partial charge in [0.1, 0.15) is 11.8 Å². The molecule has 20 heavy (non-hydrogen) atoms. The topological polar surface area (TPSA) is 64.6 Å². The smallest absolute Gasteiger partial charge is 0.409 e. The van der Waals surface area contributed by atoms with E-state index in [4.69, 9.17) is 15.8 Å². The van der Waals surface area contributed by atoms with Crippen molar-refractivity contribution in [2.45, 2.75) is 32.7 Å². The first-order valence-electron chi connectivity index (χ1n) is 6.32. The van der Waals surface area contributed by atoms with E-state index in [2.05, 4.69) is 16.7 Å². The van der Waals surface area contributed by atoms with Gasteiger partial charge in [0.05, 0.1) is 7.11 Å². The largest absolute Gasteiger partial charge is 0.468 e. The van der Waals surface area contributed by atoms with Crippen molar-refractivity contribution in [1.82, 2.24) is 5.09 Å². The first kappa shape index (κ1) is 17.0. The number of nitrogens with one attached hydrogen (secondary N) is 1. The van der Waals surface area contributed by atoms with E-state index in [0.717, 1.165) is 12.8 Å². The lowest BCUT2D eigenvalue weighted by Crippen LogP contribution is -2.32. The molecule has 0 saturated carbocycles. The molecule has 1 rings (SSSR count). The van der Waals surface area contributed by atoms with Crippen molar-refractivity contribution in [3.63, 3.8) is 0 Å². The molecule has 0 spiro atoms. The van der Waals surface area contributed by atoms with Gasteiger partial charge < -0.3 is 9.26 Å². The summed E-state index contributed by atoms with van der Waals surface area (Å²) in [5, 5.41) is 2.42. The summed E-state index contributed by atoms with van der Waals surface area (Å²) in [7, 11) is 1.24. The van der Waals surface area contributed by atoms with Crippen molar-refractivity contribution in [3.05, 3.63) is 29.8 Å². The summed E-state index contributed by atoms with van der Waals surface area (Å²) in [4.78, 5) is 11.2. The van der Waals surface area contributed by atoms with Crippen LogP contribution in [0.2, 0.25) is 0 Å². The van der Waals surface area contributed by atoms with Crippen LogP contribution in [0.4, 0.5) is 0 Å². The summed E-state index contributed by atoms with van der Waals surface area (Å²) in [6.07, 6.45) is 2.02. The number of carbonyl (C=O) groups excluding carboxylic acids is 1. The van der Waals surface area contributed by atoms with Crippen LogP contribution in [0.5, 0.6) is 5.75 Å². The van der Waals surface area contributed by atoms with E-state index in [9.17, 15) is 9.36 Å². The van der Waals surface area contributed by atoms with Crippen LogP contribution in [0, 0.1) is 0 Å². The third-order valence-corrected chi connectivity index (χ3v) is 4.23. The van der Waals surface area contributed by atoms with Crippen LogP contribution in [-0.4, -0.2) is 19.1 Å². The van der Waals surface area contributed by atoms with Crippen LogP contribution in [-0.2, 0) is 20.5 Å². The molecule has 7 heteroatoms. The van der Waals surface area contributed by atoms with Gasteiger partial charge in [-0.15, -0.1) is 0 Å². The maximum atomic E-state index is 12.0. The molecule has 0 bridgehead atoms. The van der Waals surface area contributed by atoms with Crippen LogP contribution >= 0.6 is 18.1 Å². The third-order valence-electron chi connectivity index (χ3n) is 2.59. The first-order chi connectivity index (χ1) is 9.38. The van der Waals surface area contributed by atoms with E-state index in [1.54, 1.807) is 12.1 Å². The molecular weight excluding hydrogens is 301 g/mol. The van der Waals surface area contributed by atoms with Crippen LogP contribution in [0.3, 0.4) is 0 Å². The lowest BCUT2D eigenvalue weighted by Gasteiger charge is -2.17. The van der Waals surface area contributed by atoms with Gasteiger partial charge in [0.25, 0.3) is 0 Å². The molecule has 0 aliphatic rings. The van der Waals surface area contributed by atoms with Gasteiger partial charge in [0.15, 0.2) is 0 Å². The van der Waals surface area contributed by atoms with Gasteiger partial charge in [-0.05, 0) is 31.0 Å². The predicted molar refractivity (Wildman–Crippen MR) is 79.1 cm³/mol. The Bertz CT molecular complexity index is 492. The van der Waals surface area contributed by atoms with E-state index in [1.165, 1.54) is 19.6 Å². The zero-order valence-corrected chi connectivity index (χ0v) is 13.4. The molecule has 1 N–H and O–H groups in total. The Hall–Kier alpha value is -1.03. The van der Waals surface area contributed by atoms with Gasteiger partial charge in [-0.2, -0.15) is 0 Å². The molecule has 1 aromatic carbocycles. The number of halogens is 1. The summed E-state index contributed by atoms with van der Waals surface area (Å²) in [6.45, 7) is -0.0594. The number of carbonyl (C=O) groups is 1.